The third-order valence-electron chi connectivity index (χ3n) is 12.6. The van der Waals surface area contributed by atoms with E-state index in [2.05, 4.69) is 91.6 Å². The number of Topliss-reactive ketones (excluding diaryl/α,β-unsaturated/α-hetero) is 3. The maximum atomic E-state index is 15.8. The van der Waals surface area contributed by atoms with Crippen LogP contribution in [-0.4, -0.2) is 22.5 Å². The molecule has 2 saturated carbocycles. The van der Waals surface area contributed by atoms with Gasteiger partial charge in [0.25, 0.3) is 0 Å². The van der Waals surface area contributed by atoms with Crippen LogP contribution in [0.15, 0.2) is 119 Å². The maximum Gasteiger partial charge on any atom is 0.184 e. The smallest absolute Gasteiger partial charge is 0.184 e. The monoisotopic (exact) mass is 1050 g/mol. The molecule has 2 fully saturated rings. The van der Waals surface area contributed by atoms with Crippen LogP contribution in [0.5, 0.6) is 11.5 Å². The molecule has 0 aliphatic heterocycles. The summed E-state index contributed by atoms with van der Waals surface area (Å²) in [5.41, 5.74) is 2.34. The molecule has 3 aromatic carbocycles. The lowest BCUT2D eigenvalue weighted by atomic mass is 9.53. The molecule has 0 radical (unpaired) electrons. The van der Waals surface area contributed by atoms with Crippen molar-refractivity contribution in [3.05, 3.63) is 143 Å². The topological polar surface area (TPSA) is 89.9 Å². The molecule has 0 saturated heterocycles. The summed E-state index contributed by atoms with van der Waals surface area (Å²) < 4.78 is 14.9. The van der Waals surface area contributed by atoms with Crippen LogP contribution in [-0.2, 0) is 27.6 Å². The Morgan fingerprint density at radius 1 is 0.770 bits per heavy atom. The van der Waals surface area contributed by atoms with Gasteiger partial charge in [0.1, 0.15) is 24.5 Å². The molecule has 0 aromatic heterocycles. The van der Waals surface area contributed by atoms with E-state index in [0.717, 1.165) is 40.6 Å². The zero-order valence-corrected chi connectivity index (χ0v) is 41.7. The summed E-state index contributed by atoms with van der Waals surface area (Å²) in [6.07, 6.45) is 8.37. The molecule has 4 atom stereocenters. The largest absolute Gasteiger partial charge is 0.506 e. The van der Waals surface area contributed by atoms with Crippen molar-refractivity contribution in [2.75, 3.05) is 0 Å². The van der Waals surface area contributed by atoms with Crippen molar-refractivity contribution in [3.8, 4) is 11.5 Å². The minimum Gasteiger partial charge on any atom is -0.506 e. The zero-order valence-electron chi connectivity index (χ0n) is 37.3. The molecule has 3 aromatic rings. The molecular formula is C53H62I2O6. The number of ether oxygens (including phenoxy) is 2. The summed E-state index contributed by atoms with van der Waals surface area (Å²) in [5.74, 6) is -1.50. The first-order chi connectivity index (χ1) is 28.7. The number of fused-ring (bicyclic) bond motifs is 2. The number of benzene rings is 3. The van der Waals surface area contributed by atoms with E-state index in [1.54, 1.807) is 18.2 Å². The molecule has 0 spiro atoms. The number of aliphatic hydroxyl groups is 1. The molecule has 324 valence electrons. The summed E-state index contributed by atoms with van der Waals surface area (Å²) in [5, 5.41) is 12.6. The van der Waals surface area contributed by atoms with Crippen LogP contribution in [0.2, 0.25) is 0 Å². The van der Waals surface area contributed by atoms with Gasteiger partial charge in [-0.2, -0.15) is 0 Å². The molecule has 1 N–H and O–H groups in total. The fraction of sp³-hybridized carbons (Fsp3) is 0.415. The van der Waals surface area contributed by atoms with Gasteiger partial charge in [-0.1, -0.05) is 97.3 Å². The van der Waals surface area contributed by atoms with Crippen molar-refractivity contribution in [1.82, 2.24) is 0 Å². The van der Waals surface area contributed by atoms with E-state index in [9.17, 15) is 5.11 Å². The molecule has 2 aliphatic carbocycles. The van der Waals surface area contributed by atoms with E-state index in [4.69, 9.17) is 9.47 Å². The Kier molecular flexibility index (Phi) is 16.0. The SMILES string of the molecule is C=C(C)C(CC=C(C)C)CC12CC(CC=C(C)C)C(C)(C)CC(CC=C(C)C)(C(=O)C(=C(O)c3ccc(OCc4ccccc4I)c(OCc4ccccc4I)c3)C1=O)C2=O. The highest BCUT2D eigenvalue weighted by atomic mass is 127. The number of ketones is 3. The Hall–Kier alpha value is -3.77. The Labute approximate surface area is 391 Å². The van der Waals surface area contributed by atoms with Crippen molar-refractivity contribution in [2.24, 2.45) is 28.1 Å². The lowest BCUT2D eigenvalue weighted by molar-refractivity contribution is -0.156. The molecule has 5 rings (SSSR count). The van der Waals surface area contributed by atoms with Crippen LogP contribution < -0.4 is 9.47 Å². The first-order valence-corrected chi connectivity index (χ1v) is 23.4. The van der Waals surface area contributed by atoms with Crippen molar-refractivity contribution in [1.29, 1.82) is 0 Å². The molecule has 6 nitrogen and oxygen atoms in total. The normalized spacial score (nSPS) is 22.1. The minimum atomic E-state index is -1.58. The van der Waals surface area contributed by atoms with Gasteiger partial charge in [0.15, 0.2) is 28.8 Å². The second-order valence-corrected chi connectivity index (χ2v) is 21.0. The van der Waals surface area contributed by atoms with E-state index in [-0.39, 0.29) is 67.7 Å². The first-order valence-electron chi connectivity index (χ1n) is 21.2. The predicted molar refractivity (Wildman–Crippen MR) is 264 cm³/mol. The molecule has 2 bridgehead atoms. The predicted octanol–water partition coefficient (Wildman–Crippen LogP) is 14.1. The average Bonchev–Trinajstić information content (AvgIpc) is 3.25. The molecule has 0 amide bonds. The van der Waals surface area contributed by atoms with Gasteiger partial charge in [-0.3, -0.25) is 14.4 Å². The number of halogens is 2. The lowest BCUT2D eigenvalue weighted by Gasteiger charge is -2.45. The average molecular weight is 1050 g/mol. The van der Waals surface area contributed by atoms with Gasteiger partial charge >= 0.3 is 0 Å². The van der Waals surface area contributed by atoms with Crippen LogP contribution in [0.25, 0.3) is 5.76 Å². The summed E-state index contributed by atoms with van der Waals surface area (Å²) >= 11 is 4.56. The van der Waals surface area contributed by atoms with E-state index < -0.39 is 33.6 Å². The van der Waals surface area contributed by atoms with E-state index in [0.29, 0.717) is 24.3 Å². The van der Waals surface area contributed by atoms with Gasteiger partial charge in [0.2, 0.25) is 0 Å². The van der Waals surface area contributed by atoms with Crippen molar-refractivity contribution in [2.45, 2.75) is 114 Å². The van der Waals surface area contributed by atoms with Crippen molar-refractivity contribution >= 4 is 68.3 Å². The number of aliphatic hydroxyl groups excluding tert-OH is 1. The van der Waals surface area contributed by atoms with Crippen LogP contribution in [0.4, 0.5) is 0 Å². The maximum absolute atomic E-state index is 15.8. The van der Waals surface area contributed by atoms with Crippen molar-refractivity contribution < 1.29 is 29.0 Å². The summed E-state index contributed by atoms with van der Waals surface area (Å²) in [6, 6.07) is 20.9. The molecule has 61 heavy (non-hydrogen) atoms. The highest BCUT2D eigenvalue weighted by Crippen LogP contribution is 2.61. The van der Waals surface area contributed by atoms with E-state index >= 15 is 14.4 Å². The fourth-order valence-corrected chi connectivity index (χ4v) is 10.0. The molecule has 8 heteroatoms. The second kappa shape index (κ2) is 20.2. The quantitative estimate of drug-likeness (QED) is 0.0384. The highest BCUT2D eigenvalue weighted by Gasteiger charge is 2.68. The Morgan fingerprint density at radius 2 is 1.31 bits per heavy atom. The number of allylic oxidation sites excluding steroid dienone is 8. The highest BCUT2D eigenvalue weighted by molar-refractivity contribution is 14.1. The van der Waals surface area contributed by atoms with Crippen LogP contribution in [0.3, 0.4) is 0 Å². The summed E-state index contributed by atoms with van der Waals surface area (Å²) in [7, 11) is 0. The van der Waals surface area contributed by atoms with Crippen LogP contribution in [0.1, 0.15) is 118 Å². The standard InChI is InChI=1S/C53H62I2O6/c1-33(2)19-21-38(36(7)8)28-53-29-41(23-20-34(3)4)51(9,10)32-52(50(53)59,26-25-35(5)6)48(57)46(49(53)58)47(56)37-22-24-44(60-30-39-15-11-13-17-42(39)54)45(27-37)61-31-40-16-12-14-18-43(40)55/h11-20,22,24-25,27,38,41,56H,7,21,23,26,28-32H2,1-6,8-10H3. The second-order valence-electron chi connectivity index (χ2n) is 18.6. The molecule has 2 aliphatic rings. The fourth-order valence-electron chi connectivity index (χ4n) is 8.94. The van der Waals surface area contributed by atoms with Crippen LogP contribution >= 0.6 is 45.2 Å². The van der Waals surface area contributed by atoms with Gasteiger partial charge in [0, 0.05) is 23.8 Å². The zero-order chi connectivity index (χ0) is 44.9. The summed E-state index contributed by atoms with van der Waals surface area (Å²) in [4.78, 5) is 47.0. The van der Waals surface area contributed by atoms with Crippen LogP contribution in [0, 0.1) is 35.2 Å². The Morgan fingerprint density at radius 3 is 1.85 bits per heavy atom. The third kappa shape index (κ3) is 10.9. The number of carbonyl (C=O) groups is 3. The van der Waals surface area contributed by atoms with Gasteiger partial charge < -0.3 is 14.6 Å². The first kappa shape index (κ1) is 48.3. The summed E-state index contributed by atoms with van der Waals surface area (Å²) in [6.45, 7) is 23.2. The lowest BCUT2D eigenvalue weighted by Crippen LogP contribution is -2.59. The van der Waals surface area contributed by atoms with E-state index in [1.807, 2.05) is 89.2 Å². The Bertz CT molecular complexity index is 2300. The number of rotatable bonds is 16. The third-order valence-corrected chi connectivity index (χ3v) is 14.7. The number of hydrogen-bond acceptors (Lipinski definition) is 6. The van der Waals surface area contributed by atoms with Crippen molar-refractivity contribution in [3.63, 3.8) is 0 Å². The number of hydrogen-bond donors (Lipinski definition) is 1. The molecule has 4 unspecified atom stereocenters. The molecule has 0 heterocycles. The van der Waals surface area contributed by atoms with Gasteiger partial charge in [-0.15, -0.1) is 0 Å². The van der Waals surface area contributed by atoms with E-state index in [1.165, 1.54) is 0 Å². The number of carbonyl (C=O) groups excluding carboxylic acids is 3. The molecular weight excluding hydrogens is 986 g/mol. The Balaban J connectivity index is 1.75. The van der Waals surface area contributed by atoms with Gasteiger partial charge in [-0.25, -0.2) is 0 Å². The minimum absolute atomic E-state index is 0.0997. The van der Waals surface area contributed by atoms with Gasteiger partial charge in [0.05, 0.1) is 10.8 Å². The van der Waals surface area contributed by atoms with Gasteiger partial charge in [-0.05, 0) is 180 Å².